The van der Waals surface area contributed by atoms with Gasteiger partial charge in [-0.25, -0.2) is 13.1 Å². The Morgan fingerprint density at radius 3 is 2.64 bits per heavy atom. The summed E-state index contributed by atoms with van der Waals surface area (Å²) in [4.78, 5) is 0.360. The highest BCUT2D eigenvalue weighted by molar-refractivity contribution is 7.89. The van der Waals surface area contributed by atoms with E-state index in [0.717, 1.165) is 23.7 Å². The van der Waals surface area contributed by atoms with Gasteiger partial charge in [0, 0.05) is 18.0 Å². The van der Waals surface area contributed by atoms with Gasteiger partial charge in [-0.2, -0.15) is 0 Å². The number of sulfonamides is 1. The van der Waals surface area contributed by atoms with Crippen molar-refractivity contribution in [3.63, 3.8) is 0 Å². The molecule has 0 amide bonds. The lowest BCUT2D eigenvalue weighted by molar-refractivity contribution is 0.327. The summed E-state index contributed by atoms with van der Waals surface area (Å²) >= 11 is 0. The quantitative estimate of drug-likeness (QED) is 0.902. The fourth-order valence-corrected chi connectivity index (χ4v) is 4.41. The van der Waals surface area contributed by atoms with Gasteiger partial charge in [-0.15, -0.1) is 12.4 Å². The molecule has 2 N–H and O–H groups in total. The van der Waals surface area contributed by atoms with Crippen LogP contribution in [-0.2, 0) is 10.0 Å². The summed E-state index contributed by atoms with van der Waals surface area (Å²) in [5.74, 6) is 0.344. The smallest absolute Gasteiger partial charge is 0.241 e. The topological polar surface area (TPSA) is 58.2 Å². The summed E-state index contributed by atoms with van der Waals surface area (Å²) in [6.07, 6.45) is 0.989. The second-order valence-electron chi connectivity index (χ2n) is 5.68. The summed E-state index contributed by atoms with van der Waals surface area (Å²) in [5, 5.41) is 4.96. The summed E-state index contributed by atoms with van der Waals surface area (Å²) < 4.78 is 28.3. The summed E-state index contributed by atoms with van der Waals surface area (Å²) in [5.41, 5.74) is 0. The van der Waals surface area contributed by atoms with Gasteiger partial charge in [0.15, 0.2) is 0 Å². The Hall–Kier alpha value is -1.14. The number of halogens is 1. The van der Waals surface area contributed by atoms with Gasteiger partial charge < -0.3 is 5.32 Å². The van der Waals surface area contributed by atoms with Gasteiger partial charge in [0.2, 0.25) is 10.0 Å². The summed E-state index contributed by atoms with van der Waals surface area (Å²) in [7, 11) is -3.51. The van der Waals surface area contributed by atoms with Crippen molar-refractivity contribution in [2.45, 2.75) is 24.3 Å². The molecule has 0 bridgehead atoms. The molecule has 0 spiro atoms. The van der Waals surface area contributed by atoms with Crippen LogP contribution >= 0.6 is 12.4 Å². The lowest BCUT2D eigenvalue weighted by Gasteiger charge is -2.30. The van der Waals surface area contributed by atoms with E-state index in [0.29, 0.717) is 17.4 Å². The molecule has 0 saturated carbocycles. The Kier molecular flexibility index (Phi) is 5.45. The molecule has 2 atom stereocenters. The Balaban J connectivity index is 0.00000176. The molecular formula is C16H21ClN2O2S. The van der Waals surface area contributed by atoms with Crippen molar-refractivity contribution in [3.05, 3.63) is 42.5 Å². The minimum absolute atomic E-state index is 0. The Morgan fingerprint density at radius 1 is 1.14 bits per heavy atom. The fraction of sp³-hybridized carbons (Fsp3) is 0.375. The van der Waals surface area contributed by atoms with Gasteiger partial charge in [-0.05, 0) is 30.3 Å². The van der Waals surface area contributed by atoms with E-state index in [1.165, 1.54) is 0 Å². The molecule has 2 aromatic carbocycles. The normalized spacial score (nSPS) is 22.2. The average Bonchev–Trinajstić information content (AvgIpc) is 2.49. The molecule has 0 radical (unpaired) electrons. The molecule has 3 rings (SSSR count). The van der Waals surface area contributed by atoms with Crippen molar-refractivity contribution in [1.82, 2.24) is 10.0 Å². The van der Waals surface area contributed by atoms with Crippen LogP contribution in [0.5, 0.6) is 0 Å². The maximum absolute atomic E-state index is 12.7. The van der Waals surface area contributed by atoms with Crippen LogP contribution in [0.4, 0.5) is 0 Å². The molecule has 0 aromatic heterocycles. The monoisotopic (exact) mass is 340 g/mol. The molecule has 1 aliphatic rings. The van der Waals surface area contributed by atoms with Crippen molar-refractivity contribution in [1.29, 1.82) is 0 Å². The van der Waals surface area contributed by atoms with Crippen LogP contribution in [0.3, 0.4) is 0 Å². The van der Waals surface area contributed by atoms with Crippen LogP contribution in [0.2, 0.25) is 0 Å². The molecule has 2 aromatic rings. The van der Waals surface area contributed by atoms with E-state index in [1.807, 2.05) is 30.3 Å². The third kappa shape index (κ3) is 3.43. The standard InChI is InChI=1S/C16H20N2O2S.ClH/c1-12-9-10-17-11-15(12)18-21(19,20)16-8-4-6-13-5-2-3-7-14(13)16;/h2-8,12,15,17-18H,9-11H2,1H3;1H. The van der Waals surface area contributed by atoms with Crippen LogP contribution < -0.4 is 10.0 Å². The van der Waals surface area contributed by atoms with Crippen molar-refractivity contribution < 1.29 is 8.42 Å². The first-order valence-electron chi connectivity index (χ1n) is 7.29. The minimum atomic E-state index is -3.51. The first-order valence-corrected chi connectivity index (χ1v) is 8.77. The van der Waals surface area contributed by atoms with Crippen molar-refractivity contribution in [3.8, 4) is 0 Å². The third-order valence-corrected chi connectivity index (χ3v) is 5.72. The third-order valence-electron chi connectivity index (χ3n) is 4.17. The van der Waals surface area contributed by atoms with E-state index >= 15 is 0 Å². The van der Waals surface area contributed by atoms with Crippen molar-refractivity contribution >= 4 is 33.2 Å². The molecule has 120 valence electrons. The molecule has 22 heavy (non-hydrogen) atoms. The molecular weight excluding hydrogens is 320 g/mol. The van der Waals surface area contributed by atoms with Crippen LogP contribution in [-0.4, -0.2) is 27.5 Å². The van der Waals surface area contributed by atoms with E-state index in [9.17, 15) is 8.42 Å². The minimum Gasteiger partial charge on any atom is -0.315 e. The van der Waals surface area contributed by atoms with Crippen LogP contribution in [0.15, 0.2) is 47.4 Å². The number of hydrogen-bond acceptors (Lipinski definition) is 3. The molecule has 6 heteroatoms. The summed E-state index contributed by atoms with van der Waals surface area (Å²) in [6, 6.07) is 12.9. The second kappa shape index (κ2) is 6.96. The zero-order chi connectivity index (χ0) is 14.9. The lowest BCUT2D eigenvalue weighted by atomic mass is 9.96. The second-order valence-corrected chi connectivity index (χ2v) is 7.36. The largest absolute Gasteiger partial charge is 0.315 e. The first-order chi connectivity index (χ1) is 10.1. The summed E-state index contributed by atoms with van der Waals surface area (Å²) in [6.45, 7) is 3.73. The maximum Gasteiger partial charge on any atom is 0.241 e. The number of nitrogens with one attached hydrogen (secondary N) is 2. The highest BCUT2D eigenvalue weighted by atomic mass is 35.5. The predicted octanol–water partition coefficient (Wildman–Crippen LogP) is 2.54. The first kappa shape index (κ1) is 17.2. The molecule has 0 aliphatic carbocycles. The van der Waals surface area contributed by atoms with Gasteiger partial charge in [0.1, 0.15) is 0 Å². The zero-order valence-electron chi connectivity index (χ0n) is 12.5. The lowest BCUT2D eigenvalue weighted by Crippen LogP contribution is -2.50. The number of hydrogen-bond donors (Lipinski definition) is 2. The number of rotatable bonds is 3. The zero-order valence-corrected chi connectivity index (χ0v) is 14.1. The Bertz CT molecular complexity index is 743. The Morgan fingerprint density at radius 2 is 1.86 bits per heavy atom. The van der Waals surface area contributed by atoms with Gasteiger partial charge in [-0.3, -0.25) is 0 Å². The van der Waals surface area contributed by atoms with Crippen molar-refractivity contribution in [2.75, 3.05) is 13.1 Å². The molecule has 1 aliphatic heterocycles. The number of fused-ring (bicyclic) bond motifs is 1. The van der Waals surface area contributed by atoms with Crippen LogP contribution in [0.25, 0.3) is 10.8 Å². The number of piperidine rings is 1. The predicted molar refractivity (Wildman–Crippen MR) is 92.0 cm³/mol. The molecule has 1 saturated heterocycles. The highest BCUT2D eigenvalue weighted by Gasteiger charge is 2.27. The van der Waals surface area contributed by atoms with E-state index in [1.54, 1.807) is 12.1 Å². The van der Waals surface area contributed by atoms with Gasteiger partial charge in [0.05, 0.1) is 4.90 Å². The Labute approximate surface area is 137 Å². The van der Waals surface area contributed by atoms with Gasteiger partial charge >= 0.3 is 0 Å². The average molecular weight is 341 g/mol. The van der Waals surface area contributed by atoms with E-state index in [-0.39, 0.29) is 18.4 Å². The molecule has 1 fully saturated rings. The van der Waals surface area contributed by atoms with Crippen LogP contribution in [0.1, 0.15) is 13.3 Å². The molecule has 1 heterocycles. The molecule has 2 unspecified atom stereocenters. The maximum atomic E-state index is 12.7. The van der Waals surface area contributed by atoms with Gasteiger partial charge in [0.25, 0.3) is 0 Å². The SMILES string of the molecule is CC1CCNCC1NS(=O)(=O)c1cccc2ccccc12.Cl. The molecule has 4 nitrogen and oxygen atoms in total. The van der Waals surface area contributed by atoms with E-state index in [2.05, 4.69) is 17.0 Å². The number of benzene rings is 2. The van der Waals surface area contributed by atoms with Crippen LogP contribution in [0, 0.1) is 5.92 Å². The van der Waals surface area contributed by atoms with E-state index < -0.39 is 10.0 Å². The fourth-order valence-electron chi connectivity index (χ4n) is 2.84. The highest BCUT2D eigenvalue weighted by Crippen LogP contribution is 2.23. The van der Waals surface area contributed by atoms with E-state index in [4.69, 9.17) is 0 Å². The van der Waals surface area contributed by atoms with Crippen molar-refractivity contribution in [2.24, 2.45) is 5.92 Å². The van der Waals surface area contributed by atoms with Gasteiger partial charge in [-0.1, -0.05) is 43.3 Å².